The second-order valence-corrected chi connectivity index (χ2v) is 7.08. The van der Waals surface area contributed by atoms with Crippen LogP contribution in [0, 0.1) is 12.3 Å². The molecule has 1 aromatic heterocycles. The van der Waals surface area contributed by atoms with Gasteiger partial charge in [0, 0.05) is 25.6 Å². The number of carbonyl (C=O) groups excluding carboxylic acids is 1. The van der Waals surface area contributed by atoms with Crippen molar-refractivity contribution in [2.75, 3.05) is 19.6 Å². The third-order valence-electron chi connectivity index (χ3n) is 4.23. The van der Waals surface area contributed by atoms with Crippen LogP contribution in [0.15, 0.2) is 4.99 Å². The molecule has 0 aliphatic carbocycles. The summed E-state index contributed by atoms with van der Waals surface area (Å²) < 4.78 is 1.97. The Bertz CT molecular complexity index is 621. The fourth-order valence-electron chi connectivity index (χ4n) is 2.81. The summed E-state index contributed by atoms with van der Waals surface area (Å²) in [5.41, 5.74) is -0.541. The number of aliphatic imine (C=N–C) groups is 1. The molecule has 8 nitrogen and oxygen atoms in total. The highest BCUT2D eigenvalue weighted by Gasteiger charge is 2.27. The fourth-order valence-corrected chi connectivity index (χ4v) is 2.81. The molecule has 0 bridgehead atoms. The lowest BCUT2D eigenvalue weighted by Crippen LogP contribution is -2.48. The van der Waals surface area contributed by atoms with Gasteiger partial charge in [-0.1, -0.05) is 0 Å². The van der Waals surface area contributed by atoms with Crippen molar-refractivity contribution in [2.45, 2.75) is 60.0 Å². The van der Waals surface area contributed by atoms with Crippen molar-refractivity contribution < 1.29 is 4.79 Å². The van der Waals surface area contributed by atoms with E-state index in [4.69, 9.17) is 0 Å². The summed E-state index contributed by atoms with van der Waals surface area (Å²) in [4.78, 5) is 21.2. The van der Waals surface area contributed by atoms with E-state index in [1.54, 1.807) is 0 Å². The highest BCUT2D eigenvalue weighted by molar-refractivity contribution is 5.83. The topological polar surface area (TPSA) is 96.2 Å². The molecule has 2 rings (SSSR count). The van der Waals surface area contributed by atoms with Gasteiger partial charge < -0.3 is 16.0 Å². The molecule has 3 N–H and O–H groups in total. The van der Waals surface area contributed by atoms with Gasteiger partial charge in [-0.25, -0.2) is 9.67 Å². The molecule has 2 heterocycles. The van der Waals surface area contributed by atoms with Crippen molar-refractivity contribution in [2.24, 2.45) is 10.4 Å². The normalized spacial score (nSPS) is 17.8. The predicted molar refractivity (Wildman–Crippen MR) is 98.4 cm³/mol. The first-order valence-electron chi connectivity index (χ1n) is 9.09. The van der Waals surface area contributed by atoms with Gasteiger partial charge in [-0.3, -0.25) is 9.79 Å². The zero-order valence-electron chi connectivity index (χ0n) is 16.0. The fraction of sp³-hybridized carbons (Fsp3) is 0.765. The van der Waals surface area contributed by atoms with Crippen LogP contribution >= 0.6 is 0 Å². The van der Waals surface area contributed by atoms with Gasteiger partial charge in [0.2, 0.25) is 5.91 Å². The molecule has 1 atom stereocenters. The molecule has 1 aliphatic heterocycles. The number of aryl methyl sites for hydroxylation is 2. The van der Waals surface area contributed by atoms with Crippen LogP contribution in [0.25, 0.3) is 0 Å². The van der Waals surface area contributed by atoms with Crippen molar-refractivity contribution in [3.8, 4) is 0 Å². The van der Waals surface area contributed by atoms with Gasteiger partial charge >= 0.3 is 0 Å². The van der Waals surface area contributed by atoms with E-state index >= 15 is 0 Å². The first-order valence-corrected chi connectivity index (χ1v) is 9.09. The highest BCUT2D eigenvalue weighted by atomic mass is 16.2. The Kier molecular flexibility index (Phi) is 6.39. The molecule has 0 aromatic carbocycles. The van der Waals surface area contributed by atoms with Crippen LogP contribution in [0.3, 0.4) is 0 Å². The number of hydrogen-bond donors (Lipinski definition) is 3. The van der Waals surface area contributed by atoms with Crippen molar-refractivity contribution in [3.63, 3.8) is 0 Å². The smallest absolute Gasteiger partial charge is 0.227 e. The molecule has 8 heteroatoms. The molecule has 0 saturated heterocycles. The molecule has 0 radical (unpaired) electrons. The molecule has 25 heavy (non-hydrogen) atoms. The first kappa shape index (κ1) is 19.2. The van der Waals surface area contributed by atoms with Crippen LogP contribution in [0.2, 0.25) is 0 Å². The number of hydrogen-bond acceptors (Lipinski definition) is 4. The molecule has 0 fully saturated rings. The standard InChI is InChI=1S/C17H31N7O/c1-6-18-15(25)17(4,5)11-20-16(19-7-2)22-13-8-9-14-21-12(3)23-24(14)10-13/h13H,6-11H2,1-5H3,(H,18,25)(H2,19,20,22). The molecule has 1 amide bonds. The Morgan fingerprint density at radius 3 is 2.72 bits per heavy atom. The average Bonchev–Trinajstić information content (AvgIpc) is 2.92. The summed E-state index contributed by atoms with van der Waals surface area (Å²) >= 11 is 0. The molecule has 1 unspecified atom stereocenters. The van der Waals surface area contributed by atoms with Gasteiger partial charge in [-0.05, 0) is 41.0 Å². The zero-order valence-corrected chi connectivity index (χ0v) is 16.0. The number of fused-ring (bicyclic) bond motifs is 1. The lowest BCUT2D eigenvalue weighted by atomic mass is 9.92. The molecule has 0 spiro atoms. The number of amides is 1. The van der Waals surface area contributed by atoms with Crippen LogP contribution in [-0.4, -0.2) is 52.3 Å². The third kappa shape index (κ3) is 5.17. The Morgan fingerprint density at radius 1 is 1.32 bits per heavy atom. The summed E-state index contributed by atoms with van der Waals surface area (Å²) in [5, 5.41) is 14.0. The van der Waals surface area contributed by atoms with Crippen LogP contribution < -0.4 is 16.0 Å². The van der Waals surface area contributed by atoms with Crippen molar-refractivity contribution >= 4 is 11.9 Å². The summed E-state index contributed by atoms with van der Waals surface area (Å²) in [6.45, 7) is 12.3. The number of guanidine groups is 1. The van der Waals surface area contributed by atoms with Gasteiger partial charge in [0.05, 0.1) is 18.5 Å². The molecule has 140 valence electrons. The minimum absolute atomic E-state index is 0.0231. The van der Waals surface area contributed by atoms with Gasteiger partial charge in [-0.15, -0.1) is 0 Å². The second-order valence-electron chi connectivity index (χ2n) is 7.08. The molecular weight excluding hydrogens is 318 g/mol. The predicted octanol–water partition coefficient (Wildman–Crippen LogP) is 0.619. The largest absolute Gasteiger partial charge is 0.357 e. The van der Waals surface area contributed by atoms with Crippen molar-refractivity contribution in [1.82, 2.24) is 30.7 Å². The molecular formula is C17H31N7O. The van der Waals surface area contributed by atoms with Crippen LogP contribution in [-0.2, 0) is 17.8 Å². The molecule has 1 aliphatic rings. The quantitative estimate of drug-likeness (QED) is 0.517. The summed E-state index contributed by atoms with van der Waals surface area (Å²) in [5.74, 6) is 2.63. The number of nitrogens with zero attached hydrogens (tertiary/aromatic N) is 4. The van der Waals surface area contributed by atoms with Gasteiger partial charge in [-0.2, -0.15) is 5.10 Å². The van der Waals surface area contributed by atoms with E-state index in [9.17, 15) is 4.79 Å². The molecule has 1 aromatic rings. The number of carbonyl (C=O) groups is 1. The monoisotopic (exact) mass is 349 g/mol. The number of rotatable bonds is 6. The Labute approximate surface area is 149 Å². The lowest BCUT2D eigenvalue weighted by molar-refractivity contribution is -0.128. The Balaban J connectivity index is 1.99. The lowest BCUT2D eigenvalue weighted by Gasteiger charge is -2.26. The summed E-state index contributed by atoms with van der Waals surface area (Å²) in [6, 6.07) is 0.249. The zero-order chi connectivity index (χ0) is 18.4. The van der Waals surface area contributed by atoms with Crippen molar-refractivity contribution in [1.29, 1.82) is 0 Å². The molecule has 0 saturated carbocycles. The van der Waals surface area contributed by atoms with E-state index in [2.05, 4.69) is 31.0 Å². The average molecular weight is 349 g/mol. The van der Waals surface area contributed by atoms with Gasteiger partial charge in [0.25, 0.3) is 0 Å². The van der Waals surface area contributed by atoms with E-state index in [0.717, 1.165) is 43.5 Å². The van der Waals surface area contributed by atoms with E-state index in [1.165, 1.54) is 0 Å². The minimum atomic E-state index is -0.541. The first-order chi connectivity index (χ1) is 11.9. The minimum Gasteiger partial charge on any atom is -0.357 e. The maximum atomic E-state index is 12.1. The maximum Gasteiger partial charge on any atom is 0.227 e. The third-order valence-corrected chi connectivity index (χ3v) is 4.23. The number of nitrogens with one attached hydrogen (secondary N) is 3. The van der Waals surface area contributed by atoms with Crippen molar-refractivity contribution in [3.05, 3.63) is 11.6 Å². The van der Waals surface area contributed by atoms with E-state index in [0.29, 0.717) is 13.1 Å². The van der Waals surface area contributed by atoms with Crippen LogP contribution in [0.4, 0.5) is 0 Å². The van der Waals surface area contributed by atoms with E-state index < -0.39 is 5.41 Å². The number of aromatic nitrogens is 3. The second kappa shape index (κ2) is 8.31. The Hall–Kier alpha value is -2.12. The van der Waals surface area contributed by atoms with E-state index in [-0.39, 0.29) is 11.9 Å². The summed E-state index contributed by atoms with van der Waals surface area (Å²) in [6.07, 6.45) is 1.89. The Morgan fingerprint density at radius 2 is 2.04 bits per heavy atom. The van der Waals surface area contributed by atoms with E-state index in [1.807, 2.05) is 39.3 Å². The van der Waals surface area contributed by atoms with Gasteiger partial charge in [0.1, 0.15) is 11.6 Å². The maximum absolute atomic E-state index is 12.1. The van der Waals surface area contributed by atoms with Crippen LogP contribution in [0.5, 0.6) is 0 Å². The SMILES string of the molecule is CCNC(=O)C(C)(C)CN=C(NCC)NC1CCc2nc(C)nn2C1. The highest BCUT2D eigenvalue weighted by Crippen LogP contribution is 2.16. The summed E-state index contributed by atoms with van der Waals surface area (Å²) in [7, 11) is 0. The van der Waals surface area contributed by atoms with Gasteiger partial charge in [0.15, 0.2) is 5.96 Å². The van der Waals surface area contributed by atoms with Crippen LogP contribution in [0.1, 0.15) is 45.8 Å².